The molecule has 102 valence electrons. The molecule has 1 atom stereocenters. The van der Waals surface area contributed by atoms with E-state index in [4.69, 9.17) is 4.74 Å². The zero-order chi connectivity index (χ0) is 13.4. The minimum absolute atomic E-state index is 0.205. The highest BCUT2D eigenvalue weighted by Crippen LogP contribution is 2.31. The first-order valence-corrected chi connectivity index (χ1v) is 7.22. The van der Waals surface area contributed by atoms with E-state index < -0.39 is 0 Å². The van der Waals surface area contributed by atoms with Crippen LogP contribution in [0.15, 0.2) is 48.5 Å². The maximum absolute atomic E-state index is 6.10. The van der Waals surface area contributed by atoms with Crippen molar-refractivity contribution in [1.82, 2.24) is 0 Å². The normalized spacial score (nSPS) is 19.8. The minimum Gasteiger partial charge on any atom is -0.485 e. The Labute approximate surface area is 119 Å². The summed E-state index contributed by atoms with van der Waals surface area (Å²) in [5.74, 6) is 0.969. The molecule has 3 nitrogen and oxygen atoms in total. The van der Waals surface area contributed by atoms with Crippen molar-refractivity contribution < 1.29 is 4.74 Å². The first-order chi connectivity index (χ1) is 9.90. The first-order valence-electron chi connectivity index (χ1n) is 7.22. The zero-order valence-electron chi connectivity index (χ0n) is 11.4. The number of nitrogens with zero attached hydrogens (tertiary/aromatic N) is 1. The smallest absolute Gasteiger partial charge is 0.143 e. The highest BCUT2D eigenvalue weighted by Gasteiger charge is 2.25. The van der Waals surface area contributed by atoms with Crippen LogP contribution in [0.5, 0.6) is 5.75 Å². The summed E-state index contributed by atoms with van der Waals surface area (Å²) in [6.07, 6.45) is 1.35. The van der Waals surface area contributed by atoms with Gasteiger partial charge in [-0.2, -0.15) is 0 Å². The fraction of sp³-hybridized carbons (Fsp3) is 0.294. The molecular weight excluding hydrogens is 248 g/mol. The lowest BCUT2D eigenvalue weighted by Gasteiger charge is -2.31. The van der Waals surface area contributed by atoms with Crippen molar-refractivity contribution in [3.8, 4) is 5.75 Å². The summed E-state index contributed by atoms with van der Waals surface area (Å²) in [4.78, 5) is 2.44. The van der Waals surface area contributed by atoms with E-state index in [-0.39, 0.29) is 6.10 Å². The maximum Gasteiger partial charge on any atom is 0.143 e. The quantitative estimate of drug-likeness (QED) is 0.904. The molecule has 0 amide bonds. The highest BCUT2D eigenvalue weighted by atomic mass is 16.5. The van der Waals surface area contributed by atoms with Crippen molar-refractivity contribution in [1.29, 1.82) is 0 Å². The summed E-state index contributed by atoms with van der Waals surface area (Å²) < 4.78 is 6.10. The predicted molar refractivity (Wildman–Crippen MR) is 81.7 cm³/mol. The van der Waals surface area contributed by atoms with Gasteiger partial charge in [-0.15, -0.1) is 0 Å². The van der Waals surface area contributed by atoms with E-state index in [0.717, 1.165) is 37.5 Å². The van der Waals surface area contributed by atoms with Crippen LogP contribution in [-0.4, -0.2) is 25.7 Å². The number of ether oxygens (including phenoxy) is 1. The van der Waals surface area contributed by atoms with Gasteiger partial charge in [-0.05, 0) is 30.2 Å². The van der Waals surface area contributed by atoms with Gasteiger partial charge in [0.1, 0.15) is 11.9 Å². The summed E-state index contributed by atoms with van der Waals surface area (Å²) in [5.41, 5.74) is 3.93. The Morgan fingerprint density at radius 3 is 2.95 bits per heavy atom. The van der Waals surface area contributed by atoms with Crippen molar-refractivity contribution >= 4 is 11.4 Å². The SMILES string of the molecule is c1ccc2c(c1)CCN2CC1CNc2ccccc2O1. The molecule has 0 saturated carbocycles. The molecule has 2 aromatic carbocycles. The Bertz CT molecular complexity index is 626. The maximum atomic E-state index is 6.10. The summed E-state index contributed by atoms with van der Waals surface area (Å²) in [5, 5.41) is 3.46. The molecule has 20 heavy (non-hydrogen) atoms. The third-order valence-corrected chi connectivity index (χ3v) is 4.11. The molecule has 2 aromatic rings. The van der Waals surface area contributed by atoms with Gasteiger partial charge in [-0.3, -0.25) is 0 Å². The van der Waals surface area contributed by atoms with Crippen molar-refractivity contribution in [2.45, 2.75) is 12.5 Å². The van der Waals surface area contributed by atoms with Gasteiger partial charge in [0, 0.05) is 12.2 Å². The Balaban J connectivity index is 1.49. The van der Waals surface area contributed by atoms with Gasteiger partial charge in [0.25, 0.3) is 0 Å². The Morgan fingerprint density at radius 2 is 1.95 bits per heavy atom. The average Bonchev–Trinajstić information content (AvgIpc) is 2.91. The lowest BCUT2D eigenvalue weighted by atomic mass is 10.2. The topological polar surface area (TPSA) is 24.5 Å². The average molecular weight is 266 g/mol. The molecule has 0 saturated heterocycles. The van der Waals surface area contributed by atoms with Gasteiger partial charge in [0.05, 0.1) is 18.8 Å². The van der Waals surface area contributed by atoms with Crippen LogP contribution in [0.3, 0.4) is 0 Å². The molecular formula is C17H18N2O. The van der Waals surface area contributed by atoms with Gasteiger partial charge in [0.2, 0.25) is 0 Å². The van der Waals surface area contributed by atoms with E-state index in [1.165, 1.54) is 11.3 Å². The van der Waals surface area contributed by atoms with Crippen LogP contribution in [0.2, 0.25) is 0 Å². The van der Waals surface area contributed by atoms with Gasteiger partial charge in [-0.25, -0.2) is 0 Å². The van der Waals surface area contributed by atoms with Crippen LogP contribution >= 0.6 is 0 Å². The van der Waals surface area contributed by atoms with Crippen LogP contribution in [-0.2, 0) is 6.42 Å². The lowest BCUT2D eigenvalue weighted by Crippen LogP contribution is -2.41. The molecule has 0 aromatic heterocycles. The number of anilines is 2. The molecule has 0 fully saturated rings. The number of rotatable bonds is 2. The van der Waals surface area contributed by atoms with Gasteiger partial charge >= 0.3 is 0 Å². The minimum atomic E-state index is 0.205. The zero-order valence-corrected chi connectivity index (χ0v) is 11.4. The van der Waals surface area contributed by atoms with E-state index in [9.17, 15) is 0 Å². The van der Waals surface area contributed by atoms with Crippen molar-refractivity contribution in [3.63, 3.8) is 0 Å². The van der Waals surface area contributed by atoms with E-state index in [1.54, 1.807) is 0 Å². The molecule has 4 rings (SSSR count). The monoisotopic (exact) mass is 266 g/mol. The van der Waals surface area contributed by atoms with Crippen molar-refractivity contribution in [2.75, 3.05) is 29.9 Å². The van der Waals surface area contributed by atoms with Crippen LogP contribution in [0.1, 0.15) is 5.56 Å². The fourth-order valence-corrected chi connectivity index (χ4v) is 3.10. The molecule has 2 aliphatic rings. The summed E-state index contributed by atoms with van der Waals surface area (Å²) >= 11 is 0. The van der Waals surface area contributed by atoms with E-state index in [1.807, 2.05) is 18.2 Å². The van der Waals surface area contributed by atoms with Crippen LogP contribution in [0.4, 0.5) is 11.4 Å². The largest absolute Gasteiger partial charge is 0.485 e. The standard InChI is InChI=1S/C17H18N2O/c1-3-7-16-13(5-1)9-10-19(16)12-14-11-18-15-6-2-4-8-17(15)20-14/h1-8,14,18H,9-12H2. The fourth-order valence-electron chi connectivity index (χ4n) is 3.10. The third-order valence-electron chi connectivity index (χ3n) is 4.11. The third kappa shape index (κ3) is 1.99. The van der Waals surface area contributed by atoms with Gasteiger partial charge in [0.15, 0.2) is 0 Å². The van der Waals surface area contributed by atoms with Crippen molar-refractivity contribution in [3.05, 3.63) is 54.1 Å². The summed E-state index contributed by atoms with van der Waals surface area (Å²) in [6.45, 7) is 2.91. The molecule has 0 aliphatic carbocycles. The first kappa shape index (κ1) is 11.6. The van der Waals surface area contributed by atoms with E-state index in [0.29, 0.717) is 0 Å². The number of para-hydroxylation sites is 3. The van der Waals surface area contributed by atoms with Crippen LogP contribution in [0, 0.1) is 0 Å². The van der Waals surface area contributed by atoms with Gasteiger partial charge in [-0.1, -0.05) is 30.3 Å². The van der Waals surface area contributed by atoms with Gasteiger partial charge < -0.3 is 15.0 Å². The number of hydrogen-bond donors (Lipinski definition) is 1. The number of fused-ring (bicyclic) bond motifs is 2. The Kier molecular flexibility index (Phi) is 2.76. The second-order valence-corrected chi connectivity index (χ2v) is 5.44. The molecule has 0 radical (unpaired) electrons. The van der Waals surface area contributed by atoms with E-state index in [2.05, 4.69) is 40.5 Å². The molecule has 3 heteroatoms. The Morgan fingerprint density at radius 1 is 1.10 bits per heavy atom. The molecule has 2 heterocycles. The summed E-state index contributed by atoms with van der Waals surface area (Å²) in [7, 11) is 0. The number of nitrogens with one attached hydrogen (secondary N) is 1. The Hall–Kier alpha value is -2.16. The van der Waals surface area contributed by atoms with Crippen molar-refractivity contribution in [2.24, 2.45) is 0 Å². The predicted octanol–water partition coefficient (Wildman–Crippen LogP) is 2.92. The van der Waals surface area contributed by atoms with Crippen LogP contribution < -0.4 is 15.0 Å². The molecule has 0 bridgehead atoms. The lowest BCUT2D eigenvalue weighted by molar-refractivity contribution is 0.211. The van der Waals surface area contributed by atoms with E-state index >= 15 is 0 Å². The second-order valence-electron chi connectivity index (χ2n) is 5.44. The highest BCUT2D eigenvalue weighted by molar-refractivity contribution is 5.59. The summed E-state index contributed by atoms with van der Waals surface area (Å²) in [6, 6.07) is 16.8. The number of benzene rings is 2. The molecule has 1 N–H and O–H groups in total. The molecule has 1 unspecified atom stereocenters. The second kappa shape index (κ2) is 4.75. The van der Waals surface area contributed by atoms with Crippen LogP contribution in [0.25, 0.3) is 0 Å². The molecule has 2 aliphatic heterocycles. The number of hydrogen-bond acceptors (Lipinski definition) is 3. The molecule has 0 spiro atoms.